The molecule has 0 saturated carbocycles. The lowest BCUT2D eigenvalue weighted by molar-refractivity contribution is -0.142. The van der Waals surface area contributed by atoms with Crippen LogP contribution in [0.25, 0.3) is 0 Å². The first-order valence-electron chi connectivity index (χ1n) is 12.1. The Balaban J connectivity index is 1.47. The van der Waals surface area contributed by atoms with Gasteiger partial charge in [0.25, 0.3) is 0 Å². The van der Waals surface area contributed by atoms with Gasteiger partial charge in [-0.05, 0) is 48.7 Å². The van der Waals surface area contributed by atoms with E-state index < -0.39 is 33.0 Å². The Labute approximate surface area is 214 Å². The Kier molecular flexibility index (Phi) is 7.60. The van der Waals surface area contributed by atoms with Crippen LogP contribution < -0.4 is 10.5 Å². The molecule has 4 atom stereocenters. The Morgan fingerprint density at radius 3 is 2.54 bits per heavy atom. The Hall–Kier alpha value is -2.63. The molecule has 2 N–H and O–H groups in total. The number of sulfone groups is 1. The molecule has 11 heteroatoms. The molecule has 1 amide bonds. The molecule has 37 heavy (non-hydrogen) atoms. The van der Waals surface area contributed by atoms with Gasteiger partial charge in [0.2, 0.25) is 5.91 Å². The van der Waals surface area contributed by atoms with Gasteiger partial charge in [-0.3, -0.25) is 9.69 Å². The van der Waals surface area contributed by atoms with Crippen LogP contribution in [0.5, 0.6) is 5.75 Å². The molecule has 7 nitrogen and oxygen atoms in total. The maximum atomic E-state index is 13.1. The van der Waals surface area contributed by atoms with E-state index in [9.17, 15) is 26.4 Å². The lowest BCUT2D eigenvalue weighted by Crippen LogP contribution is -2.61. The number of alkyl halides is 3. The van der Waals surface area contributed by atoms with Gasteiger partial charge in [0.1, 0.15) is 17.4 Å². The molecule has 0 aromatic heterocycles. The van der Waals surface area contributed by atoms with Gasteiger partial charge in [0.05, 0.1) is 16.6 Å². The lowest BCUT2D eigenvalue weighted by Gasteiger charge is -2.46. The fraction of sp³-hybridized carbons (Fsp3) is 0.500. The molecule has 2 heterocycles. The maximum absolute atomic E-state index is 13.1. The Bertz CT molecular complexity index is 1240. The number of amides is 1. The highest BCUT2D eigenvalue weighted by Gasteiger charge is 2.50. The number of rotatable bonds is 7. The monoisotopic (exact) mass is 540 g/mol. The van der Waals surface area contributed by atoms with Gasteiger partial charge in [-0.1, -0.05) is 25.1 Å². The van der Waals surface area contributed by atoms with E-state index >= 15 is 0 Å². The number of ether oxygens (including phenoxy) is 2. The van der Waals surface area contributed by atoms with E-state index in [0.717, 1.165) is 24.0 Å². The summed E-state index contributed by atoms with van der Waals surface area (Å²) < 4.78 is 74.7. The number of hydrogen-bond donors (Lipinski definition) is 1. The standard InChI is InChI=1S/C26H31F3N2O5S/c1-17(18-6-8-22(9-7-18)37(2,33)34)23-15-25(24(30)32,11-13-35-23)31-12-10-21(16-31)36-20-5-3-4-19(14-20)26(27,28)29/h3-9,14,17,21,23H,10-13,15-16H2,1-2H3,(H2,30,32)/t17-,21?,23?,25?/m0/s1. The predicted molar refractivity (Wildman–Crippen MR) is 131 cm³/mol. The summed E-state index contributed by atoms with van der Waals surface area (Å²) in [5.74, 6) is -0.474. The Morgan fingerprint density at radius 1 is 1.22 bits per heavy atom. The van der Waals surface area contributed by atoms with Crippen LogP contribution in [0.4, 0.5) is 13.2 Å². The van der Waals surface area contributed by atoms with Gasteiger partial charge < -0.3 is 15.2 Å². The fourth-order valence-electron chi connectivity index (χ4n) is 5.25. The van der Waals surface area contributed by atoms with Crippen molar-refractivity contribution in [3.63, 3.8) is 0 Å². The van der Waals surface area contributed by atoms with Gasteiger partial charge in [0, 0.05) is 38.3 Å². The zero-order valence-corrected chi connectivity index (χ0v) is 21.5. The van der Waals surface area contributed by atoms with E-state index in [4.69, 9.17) is 15.2 Å². The fourth-order valence-corrected chi connectivity index (χ4v) is 5.88. The topological polar surface area (TPSA) is 98.9 Å². The smallest absolute Gasteiger partial charge is 0.416 e. The van der Waals surface area contributed by atoms with Gasteiger partial charge in [-0.2, -0.15) is 13.2 Å². The molecule has 0 bridgehead atoms. The Morgan fingerprint density at radius 2 is 1.92 bits per heavy atom. The van der Waals surface area contributed by atoms with Crippen molar-refractivity contribution in [2.45, 2.75) is 60.9 Å². The molecule has 2 aromatic carbocycles. The summed E-state index contributed by atoms with van der Waals surface area (Å²) in [6.45, 7) is 3.13. The number of nitrogens with zero attached hydrogens (tertiary/aromatic N) is 1. The highest BCUT2D eigenvalue weighted by molar-refractivity contribution is 7.90. The van der Waals surface area contributed by atoms with Crippen molar-refractivity contribution in [1.82, 2.24) is 4.90 Å². The summed E-state index contributed by atoms with van der Waals surface area (Å²) in [6, 6.07) is 11.4. The number of halogens is 3. The van der Waals surface area contributed by atoms with Crippen LogP contribution in [0.2, 0.25) is 0 Å². The quantitative estimate of drug-likeness (QED) is 0.574. The molecule has 0 spiro atoms. The number of carbonyl (C=O) groups is 1. The van der Waals surface area contributed by atoms with Gasteiger partial charge in [-0.25, -0.2) is 8.42 Å². The minimum atomic E-state index is -4.46. The third-order valence-electron chi connectivity index (χ3n) is 7.45. The van der Waals surface area contributed by atoms with Crippen molar-refractivity contribution in [3.8, 4) is 5.75 Å². The van der Waals surface area contributed by atoms with Crippen LogP contribution in [-0.4, -0.2) is 62.9 Å². The minimum Gasteiger partial charge on any atom is -0.489 e. The molecular weight excluding hydrogens is 509 g/mol. The van der Waals surface area contributed by atoms with Crippen LogP contribution in [0.15, 0.2) is 53.4 Å². The van der Waals surface area contributed by atoms with Gasteiger partial charge >= 0.3 is 6.18 Å². The van der Waals surface area contributed by atoms with Gasteiger partial charge in [-0.15, -0.1) is 0 Å². The highest BCUT2D eigenvalue weighted by atomic mass is 32.2. The SMILES string of the molecule is C[C@@H](c1ccc(S(C)(=O)=O)cc1)C1CC(C(N)=O)(N2CCC(Oc3cccc(C(F)(F)F)c3)C2)CCO1. The first kappa shape index (κ1) is 27.4. The van der Waals surface area contributed by atoms with E-state index in [1.165, 1.54) is 12.1 Å². The molecule has 2 aliphatic rings. The zero-order valence-electron chi connectivity index (χ0n) is 20.7. The number of hydrogen-bond acceptors (Lipinski definition) is 6. The third-order valence-corrected chi connectivity index (χ3v) is 8.58. The second-order valence-corrected chi connectivity index (χ2v) is 11.9. The number of carbonyl (C=O) groups excluding carboxylic acids is 1. The molecule has 2 saturated heterocycles. The zero-order chi connectivity index (χ0) is 27.0. The van der Waals surface area contributed by atoms with Crippen molar-refractivity contribution in [2.24, 2.45) is 5.73 Å². The number of nitrogens with two attached hydrogens (primary N) is 1. The van der Waals surface area contributed by atoms with Crippen molar-refractivity contribution in [1.29, 1.82) is 0 Å². The molecule has 0 radical (unpaired) electrons. The van der Waals surface area contributed by atoms with Crippen LogP contribution in [-0.2, 0) is 25.5 Å². The number of benzene rings is 2. The summed E-state index contributed by atoms with van der Waals surface area (Å²) in [5.41, 5.74) is 5.07. The van der Waals surface area contributed by atoms with Gasteiger partial charge in [0.15, 0.2) is 9.84 Å². The van der Waals surface area contributed by atoms with E-state index in [1.54, 1.807) is 24.3 Å². The summed E-state index contributed by atoms with van der Waals surface area (Å²) in [5, 5.41) is 0. The first-order chi connectivity index (χ1) is 17.3. The molecule has 2 aliphatic heterocycles. The van der Waals surface area contributed by atoms with Crippen molar-refractivity contribution < 1.29 is 35.9 Å². The van der Waals surface area contributed by atoms with E-state index in [0.29, 0.717) is 39.0 Å². The molecule has 2 aromatic rings. The maximum Gasteiger partial charge on any atom is 0.416 e. The molecule has 3 unspecified atom stereocenters. The average Bonchev–Trinajstić information content (AvgIpc) is 3.31. The van der Waals surface area contributed by atoms with Crippen molar-refractivity contribution in [3.05, 3.63) is 59.7 Å². The predicted octanol–water partition coefficient (Wildman–Crippen LogP) is 3.77. The van der Waals surface area contributed by atoms with Crippen LogP contribution in [0.3, 0.4) is 0 Å². The summed E-state index contributed by atoms with van der Waals surface area (Å²) in [6.07, 6.45) is -2.76. The molecule has 0 aliphatic carbocycles. The van der Waals surface area contributed by atoms with Crippen LogP contribution >= 0.6 is 0 Å². The number of primary amides is 1. The average molecular weight is 541 g/mol. The second-order valence-electron chi connectivity index (χ2n) is 9.89. The third kappa shape index (κ3) is 5.94. The van der Waals surface area contributed by atoms with Crippen molar-refractivity contribution in [2.75, 3.05) is 26.0 Å². The summed E-state index contributed by atoms with van der Waals surface area (Å²) in [7, 11) is -3.32. The van der Waals surface area contributed by atoms with E-state index in [1.807, 2.05) is 11.8 Å². The summed E-state index contributed by atoms with van der Waals surface area (Å²) in [4.78, 5) is 15.0. The van der Waals surface area contributed by atoms with Crippen molar-refractivity contribution >= 4 is 15.7 Å². The van der Waals surface area contributed by atoms with E-state index in [2.05, 4.69) is 0 Å². The molecule has 202 valence electrons. The van der Waals surface area contributed by atoms with Crippen LogP contribution in [0.1, 0.15) is 43.2 Å². The second kappa shape index (κ2) is 10.3. The summed E-state index contributed by atoms with van der Waals surface area (Å²) >= 11 is 0. The molecule has 2 fully saturated rings. The van der Waals surface area contributed by atoms with E-state index in [-0.39, 0.29) is 28.8 Å². The minimum absolute atomic E-state index is 0.130. The largest absolute Gasteiger partial charge is 0.489 e. The number of likely N-dealkylation sites (tertiary alicyclic amines) is 1. The normalized spacial score (nSPS) is 26.1. The lowest BCUT2D eigenvalue weighted by atomic mass is 9.79. The molecular formula is C26H31F3N2O5S. The van der Waals surface area contributed by atoms with Crippen LogP contribution in [0, 0.1) is 0 Å². The highest BCUT2D eigenvalue weighted by Crippen LogP contribution is 2.39. The molecule has 4 rings (SSSR count). The first-order valence-corrected chi connectivity index (χ1v) is 14.0.